The number of carbonyl (C=O) groups excluding carboxylic acids is 2. The van der Waals surface area contributed by atoms with Crippen LogP contribution in [0.4, 0.5) is 5.69 Å². The van der Waals surface area contributed by atoms with Gasteiger partial charge in [0, 0.05) is 41.3 Å². The van der Waals surface area contributed by atoms with E-state index < -0.39 is 11.0 Å². The van der Waals surface area contributed by atoms with Crippen LogP contribution in [0.15, 0.2) is 72.8 Å². The summed E-state index contributed by atoms with van der Waals surface area (Å²) >= 11 is 6.23. The Kier molecular flexibility index (Phi) is 4.02. The average Bonchev–Trinajstić information content (AvgIpc) is 3.32. The number of benzene rings is 3. The number of nitrogens with zero attached hydrogens (tertiary/aromatic N) is 2. The summed E-state index contributed by atoms with van der Waals surface area (Å²) in [6.07, 6.45) is 0.626. The first-order valence-electron chi connectivity index (χ1n) is 10.9. The molecule has 160 valence electrons. The van der Waals surface area contributed by atoms with Gasteiger partial charge < -0.3 is 4.90 Å². The maximum atomic E-state index is 14.1. The van der Waals surface area contributed by atoms with Gasteiger partial charge in [-0.05, 0) is 42.8 Å². The van der Waals surface area contributed by atoms with E-state index >= 15 is 0 Å². The van der Waals surface area contributed by atoms with Gasteiger partial charge in [-0.1, -0.05) is 66.2 Å². The Hall–Kier alpha value is -2.95. The lowest BCUT2D eigenvalue weighted by molar-refractivity contribution is -0.128. The number of halogens is 1. The first-order chi connectivity index (χ1) is 15.4. The second-order valence-electron chi connectivity index (χ2n) is 9.31. The Labute approximate surface area is 192 Å². The van der Waals surface area contributed by atoms with Crippen LogP contribution in [0, 0.1) is 5.41 Å². The van der Waals surface area contributed by atoms with Gasteiger partial charge in [0.05, 0.1) is 5.41 Å². The Morgan fingerprint density at radius 3 is 2.34 bits per heavy atom. The van der Waals surface area contributed by atoms with Gasteiger partial charge in [-0.25, -0.2) is 0 Å². The van der Waals surface area contributed by atoms with Crippen LogP contribution in [0.2, 0.25) is 5.02 Å². The number of amides is 1. The smallest absolute Gasteiger partial charge is 0.252 e. The standard InChI is InChI=1S/C27H23ClN2O2/c1-29-16-26(15-18-7-3-4-8-20(18)24(26)31)23(17-11-13-19(28)14-12-17)27(29)21-9-5-6-10-22(21)30(2)25(27)32/h3-14,23H,15-16H2,1-2H3. The largest absolute Gasteiger partial charge is 0.313 e. The van der Waals surface area contributed by atoms with Crippen LogP contribution in [0.1, 0.15) is 33.0 Å². The van der Waals surface area contributed by atoms with Crippen molar-refractivity contribution in [2.24, 2.45) is 5.41 Å². The summed E-state index contributed by atoms with van der Waals surface area (Å²) in [6.45, 7) is 0.516. The van der Waals surface area contributed by atoms with E-state index in [2.05, 4.69) is 4.90 Å². The fourth-order valence-electron chi connectivity index (χ4n) is 6.64. The SMILES string of the molecule is CN1C(=O)C2(c3ccccc31)C(c1ccc(Cl)cc1)C1(Cc3ccccc3C1=O)CN2C. The summed E-state index contributed by atoms with van der Waals surface area (Å²) in [5.41, 5.74) is 3.02. The summed E-state index contributed by atoms with van der Waals surface area (Å²) in [6, 6.07) is 23.5. The average molecular weight is 443 g/mol. The molecule has 4 nitrogen and oxygen atoms in total. The fraction of sp³-hybridized carbons (Fsp3) is 0.259. The molecule has 5 heteroatoms. The van der Waals surface area contributed by atoms with Crippen LogP contribution in [0.5, 0.6) is 0 Å². The van der Waals surface area contributed by atoms with E-state index in [-0.39, 0.29) is 17.6 Å². The van der Waals surface area contributed by atoms with E-state index in [9.17, 15) is 9.59 Å². The molecular formula is C27H23ClN2O2. The molecule has 6 rings (SSSR count). The van der Waals surface area contributed by atoms with E-state index in [4.69, 9.17) is 11.6 Å². The number of anilines is 1. The first kappa shape index (κ1) is 19.7. The third kappa shape index (κ3) is 2.21. The summed E-state index contributed by atoms with van der Waals surface area (Å²) in [5.74, 6) is -0.186. The molecule has 3 atom stereocenters. The van der Waals surface area contributed by atoms with Crippen molar-refractivity contribution < 1.29 is 9.59 Å². The highest BCUT2D eigenvalue weighted by molar-refractivity contribution is 6.30. The molecule has 0 aromatic heterocycles. The normalized spacial score (nSPS) is 28.7. The molecule has 1 amide bonds. The fourth-order valence-corrected chi connectivity index (χ4v) is 6.76. The Balaban J connectivity index is 1.66. The highest BCUT2D eigenvalue weighted by Gasteiger charge is 2.71. The van der Waals surface area contributed by atoms with Crippen molar-refractivity contribution in [2.75, 3.05) is 25.5 Å². The summed E-state index contributed by atoms with van der Waals surface area (Å²) < 4.78 is 0. The van der Waals surface area contributed by atoms with Gasteiger partial charge in [0.1, 0.15) is 5.54 Å². The maximum Gasteiger partial charge on any atom is 0.252 e. The number of hydrogen-bond acceptors (Lipinski definition) is 3. The van der Waals surface area contributed by atoms with Crippen LogP contribution in [-0.4, -0.2) is 37.2 Å². The van der Waals surface area contributed by atoms with Crippen LogP contribution in [0.25, 0.3) is 0 Å². The van der Waals surface area contributed by atoms with Gasteiger partial charge in [-0.3, -0.25) is 14.5 Å². The monoisotopic (exact) mass is 442 g/mol. The van der Waals surface area contributed by atoms with Crippen molar-refractivity contribution in [2.45, 2.75) is 17.9 Å². The zero-order valence-corrected chi connectivity index (χ0v) is 18.8. The lowest BCUT2D eigenvalue weighted by atomic mass is 9.63. The number of likely N-dealkylation sites (N-methyl/N-ethyl adjacent to an activating group) is 2. The van der Waals surface area contributed by atoms with Crippen molar-refractivity contribution in [3.63, 3.8) is 0 Å². The second kappa shape index (κ2) is 6.53. The molecule has 3 aromatic rings. The molecule has 32 heavy (non-hydrogen) atoms. The van der Waals surface area contributed by atoms with Gasteiger partial charge in [0.2, 0.25) is 0 Å². The molecule has 1 saturated heterocycles. The Morgan fingerprint density at radius 2 is 1.59 bits per heavy atom. The highest BCUT2D eigenvalue weighted by atomic mass is 35.5. The van der Waals surface area contributed by atoms with Gasteiger partial charge in [-0.15, -0.1) is 0 Å². The minimum atomic E-state index is -0.948. The first-order valence-corrected chi connectivity index (χ1v) is 11.3. The molecule has 3 unspecified atom stereocenters. The molecule has 2 heterocycles. The van der Waals surface area contributed by atoms with E-state index in [1.807, 2.05) is 86.9 Å². The highest BCUT2D eigenvalue weighted by Crippen LogP contribution is 2.65. The lowest BCUT2D eigenvalue weighted by Crippen LogP contribution is -2.51. The molecule has 1 aliphatic carbocycles. The zero-order chi connectivity index (χ0) is 22.3. The van der Waals surface area contributed by atoms with Crippen LogP contribution in [-0.2, 0) is 16.8 Å². The van der Waals surface area contributed by atoms with Crippen LogP contribution >= 0.6 is 11.6 Å². The number of hydrogen-bond donors (Lipinski definition) is 0. The number of para-hydroxylation sites is 1. The number of fused-ring (bicyclic) bond motifs is 3. The third-order valence-corrected chi connectivity index (χ3v) is 8.07. The topological polar surface area (TPSA) is 40.6 Å². The summed E-state index contributed by atoms with van der Waals surface area (Å²) in [5, 5.41) is 0.638. The predicted octanol–water partition coefficient (Wildman–Crippen LogP) is 4.67. The molecule has 3 aliphatic rings. The van der Waals surface area contributed by atoms with E-state index in [1.165, 1.54) is 0 Å². The van der Waals surface area contributed by atoms with Crippen LogP contribution < -0.4 is 4.90 Å². The molecule has 0 bridgehead atoms. The minimum Gasteiger partial charge on any atom is -0.313 e. The number of carbonyl (C=O) groups is 2. The Bertz CT molecular complexity index is 1290. The quantitative estimate of drug-likeness (QED) is 0.550. The minimum absolute atomic E-state index is 0.0155. The van der Waals surface area contributed by atoms with E-state index in [0.29, 0.717) is 18.0 Å². The molecule has 0 radical (unpaired) electrons. The van der Waals surface area contributed by atoms with Crippen molar-refractivity contribution in [1.29, 1.82) is 0 Å². The third-order valence-electron chi connectivity index (χ3n) is 7.82. The summed E-state index contributed by atoms with van der Waals surface area (Å²) in [7, 11) is 3.82. The molecule has 1 fully saturated rings. The lowest BCUT2D eigenvalue weighted by Gasteiger charge is -2.39. The van der Waals surface area contributed by atoms with Gasteiger partial charge in [-0.2, -0.15) is 0 Å². The number of likely N-dealkylation sites (tertiary alicyclic amines) is 1. The Morgan fingerprint density at radius 1 is 0.906 bits per heavy atom. The van der Waals surface area contributed by atoms with Gasteiger partial charge >= 0.3 is 0 Å². The molecular weight excluding hydrogens is 420 g/mol. The van der Waals surface area contributed by atoms with Crippen molar-refractivity contribution in [3.8, 4) is 0 Å². The zero-order valence-electron chi connectivity index (χ0n) is 18.0. The van der Waals surface area contributed by atoms with Gasteiger partial charge in [0.25, 0.3) is 5.91 Å². The van der Waals surface area contributed by atoms with Crippen LogP contribution in [0.3, 0.4) is 0 Å². The van der Waals surface area contributed by atoms with Gasteiger partial charge in [0.15, 0.2) is 5.78 Å². The maximum absolute atomic E-state index is 14.1. The van der Waals surface area contributed by atoms with Crippen molar-refractivity contribution in [1.82, 2.24) is 4.90 Å². The number of rotatable bonds is 1. The molecule has 0 saturated carbocycles. The molecule has 0 N–H and O–H groups in total. The molecule has 2 aliphatic heterocycles. The van der Waals surface area contributed by atoms with Crippen molar-refractivity contribution in [3.05, 3.63) is 100 Å². The second-order valence-corrected chi connectivity index (χ2v) is 9.74. The van der Waals surface area contributed by atoms with E-state index in [0.717, 1.165) is 27.9 Å². The number of ketones is 1. The molecule has 3 aromatic carbocycles. The summed E-state index contributed by atoms with van der Waals surface area (Å²) in [4.78, 5) is 32.1. The van der Waals surface area contributed by atoms with E-state index in [1.54, 1.807) is 4.90 Å². The van der Waals surface area contributed by atoms with Crippen molar-refractivity contribution >= 4 is 29.0 Å². The molecule has 2 spiro atoms. The number of Topliss-reactive ketones (excluding diaryl/α,β-unsaturated/α-hetero) is 1. The predicted molar refractivity (Wildman–Crippen MR) is 125 cm³/mol.